The molecule has 0 aliphatic carbocycles. The molecule has 0 aromatic heterocycles. The maximum atomic E-state index is 13.7. The lowest BCUT2D eigenvalue weighted by atomic mass is 9.80. The van der Waals surface area contributed by atoms with Gasteiger partial charge in [-0.25, -0.2) is 4.39 Å². The van der Waals surface area contributed by atoms with Crippen LogP contribution in [-0.2, 0) is 4.74 Å². The van der Waals surface area contributed by atoms with Gasteiger partial charge >= 0.3 is 0 Å². The third kappa shape index (κ3) is 2.82. The molecule has 1 aromatic rings. The number of hydrogen-bond donors (Lipinski definition) is 1. The number of aliphatic hydroxyl groups excluding tert-OH is 1. The Balaban J connectivity index is 2.10. The van der Waals surface area contributed by atoms with Crippen molar-refractivity contribution in [3.63, 3.8) is 0 Å². The molecule has 1 aliphatic rings. The standard InChI is InChI=1S/C14H20FNO2/c1-16(13-5-3-2-4-12(13)15)10-14(11-17)6-8-18-9-7-14/h2-5,17H,6-11H2,1H3. The van der Waals surface area contributed by atoms with Crippen LogP contribution < -0.4 is 4.90 Å². The number of nitrogens with zero attached hydrogens (tertiary/aromatic N) is 1. The number of benzene rings is 1. The highest BCUT2D eigenvalue weighted by Gasteiger charge is 2.33. The fourth-order valence-electron chi connectivity index (χ4n) is 2.52. The first-order valence-electron chi connectivity index (χ1n) is 6.31. The van der Waals surface area contributed by atoms with Gasteiger partial charge in [-0.15, -0.1) is 0 Å². The van der Waals surface area contributed by atoms with E-state index in [1.165, 1.54) is 6.07 Å². The fraction of sp³-hybridized carbons (Fsp3) is 0.571. The predicted molar refractivity (Wildman–Crippen MR) is 69.2 cm³/mol. The molecular formula is C14H20FNO2. The zero-order chi connectivity index (χ0) is 13.0. The summed E-state index contributed by atoms with van der Waals surface area (Å²) in [7, 11) is 1.87. The normalized spacial score (nSPS) is 18.6. The van der Waals surface area contributed by atoms with Crippen molar-refractivity contribution in [2.24, 2.45) is 5.41 Å². The number of halogens is 1. The van der Waals surface area contributed by atoms with E-state index in [1.54, 1.807) is 12.1 Å². The molecule has 0 bridgehead atoms. The molecule has 2 rings (SSSR count). The highest BCUT2D eigenvalue weighted by Crippen LogP contribution is 2.32. The van der Waals surface area contributed by atoms with Gasteiger partial charge in [-0.3, -0.25) is 0 Å². The van der Waals surface area contributed by atoms with E-state index in [9.17, 15) is 9.50 Å². The van der Waals surface area contributed by atoms with Crippen molar-refractivity contribution < 1.29 is 14.2 Å². The van der Waals surface area contributed by atoms with Gasteiger partial charge < -0.3 is 14.7 Å². The Morgan fingerprint density at radius 2 is 2.00 bits per heavy atom. The van der Waals surface area contributed by atoms with Crippen molar-refractivity contribution in [2.75, 3.05) is 38.3 Å². The monoisotopic (exact) mass is 253 g/mol. The molecule has 0 spiro atoms. The summed E-state index contributed by atoms with van der Waals surface area (Å²) in [5, 5.41) is 9.63. The Labute approximate surface area is 107 Å². The molecule has 1 aliphatic heterocycles. The fourth-order valence-corrected chi connectivity index (χ4v) is 2.52. The smallest absolute Gasteiger partial charge is 0.146 e. The maximum absolute atomic E-state index is 13.7. The summed E-state index contributed by atoms with van der Waals surface area (Å²) in [5.74, 6) is -0.222. The molecule has 0 unspecified atom stereocenters. The molecule has 1 N–H and O–H groups in total. The predicted octanol–water partition coefficient (Wildman–Crippen LogP) is 2.05. The van der Waals surface area contributed by atoms with E-state index in [4.69, 9.17) is 4.74 Å². The van der Waals surface area contributed by atoms with E-state index >= 15 is 0 Å². The van der Waals surface area contributed by atoms with E-state index in [0.717, 1.165) is 12.8 Å². The van der Waals surface area contributed by atoms with E-state index < -0.39 is 0 Å². The minimum Gasteiger partial charge on any atom is -0.396 e. The molecule has 1 fully saturated rings. The van der Waals surface area contributed by atoms with E-state index in [2.05, 4.69) is 0 Å². The van der Waals surface area contributed by atoms with E-state index in [-0.39, 0.29) is 17.8 Å². The first-order valence-corrected chi connectivity index (χ1v) is 6.31. The summed E-state index contributed by atoms with van der Waals surface area (Å²) >= 11 is 0. The Morgan fingerprint density at radius 1 is 1.33 bits per heavy atom. The highest BCUT2D eigenvalue weighted by atomic mass is 19.1. The van der Waals surface area contributed by atoms with Gasteiger partial charge in [0.15, 0.2) is 0 Å². The number of para-hydroxylation sites is 1. The van der Waals surface area contributed by atoms with Crippen LogP contribution in [0.15, 0.2) is 24.3 Å². The Bertz CT molecular complexity index is 391. The van der Waals surface area contributed by atoms with Crippen LogP contribution in [0.5, 0.6) is 0 Å². The van der Waals surface area contributed by atoms with Gasteiger partial charge in [0.05, 0.1) is 12.3 Å². The van der Waals surface area contributed by atoms with Crippen LogP contribution in [0.3, 0.4) is 0 Å². The van der Waals surface area contributed by atoms with E-state index in [1.807, 2.05) is 18.0 Å². The highest BCUT2D eigenvalue weighted by molar-refractivity contribution is 5.47. The van der Waals surface area contributed by atoms with Crippen molar-refractivity contribution in [2.45, 2.75) is 12.8 Å². The minimum absolute atomic E-state index is 0.120. The lowest BCUT2D eigenvalue weighted by Gasteiger charge is -2.39. The summed E-state index contributed by atoms with van der Waals surface area (Å²) in [6.07, 6.45) is 1.64. The molecule has 18 heavy (non-hydrogen) atoms. The lowest BCUT2D eigenvalue weighted by Crippen LogP contribution is -2.43. The topological polar surface area (TPSA) is 32.7 Å². The lowest BCUT2D eigenvalue weighted by molar-refractivity contribution is -0.0113. The number of hydrogen-bond acceptors (Lipinski definition) is 3. The van der Waals surface area contributed by atoms with Gasteiger partial charge in [0.1, 0.15) is 5.82 Å². The second-order valence-corrected chi connectivity index (χ2v) is 5.08. The summed E-state index contributed by atoms with van der Waals surface area (Å²) in [5.41, 5.74) is 0.409. The number of ether oxygens (including phenoxy) is 1. The maximum Gasteiger partial charge on any atom is 0.146 e. The van der Waals surface area contributed by atoms with Crippen molar-refractivity contribution in [3.05, 3.63) is 30.1 Å². The van der Waals surface area contributed by atoms with Crippen LogP contribution in [-0.4, -0.2) is 38.5 Å². The molecule has 0 atom stereocenters. The van der Waals surface area contributed by atoms with Gasteiger partial charge in [0, 0.05) is 32.2 Å². The first-order chi connectivity index (χ1) is 8.67. The van der Waals surface area contributed by atoms with Crippen LogP contribution in [0.1, 0.15) is 12.8 Å². The van der Waals surface area contributed by atoms with Crippen molar-refractivity contribution in [1.82, 2.24) is 0 Å². The third-order valence-electron chi connectivity index (χ3n) is 3.73. The first kappa shape index (κ1) is 13.3. The second kappa shape index (κ2) is 5.67. The third-order valence-corrected chi connectivity index (χ3v) is 3.73. The molecule has 4 heteroatoms. The summed E-state index contributed by atoms with van der Waals surface area (Å²) in [6, 6.07) is 6.73. The molecule has 1 saturated heterocycles. The van der Waals surface area contributed by atoms with Gasteiger partial charge in [-0.05, 0) is 25.0 Å². The van der Waals surface area contributed by atoms with Crippen LogP contribution >= 0.6 is 0 Å². The van der Waals surface area contributed by atoms with Crippen LogP contribution in [0.2, 0.25) is 0 Å². The molecule has 0 amide bonds. The Kier molecular flexibility index (Phi) is 4.19. The second-order valence-electron chi connectivity index (χ2n) is 5.08. The number of aliphatic hydroxyl groups is 1. The molecule has 3 nitrogen and oxygen atoms in total. The molecule has 1 heterocycles. The molecule has 100 valence electrons. The Morgan fingerprint density at radius 3 is 2.61 bits per heavy atom. The molecule has 0 radical (unpaired) electrons. The average Bonchev–Trinajstić information content (AvgIpc) is 2.40. The van der Waals surface area contributed by atoms with Crippen LogP contribution in [0.4, 0.5) is 10.1 Å². The SMILES string of the molecule is CN(CC1(CO)CCOCC1)c1ccccc1F. The van der Waals surface area contributed by atoms with Crippen molar-refractivity contribution >= 4 is 5.69 Å². The zero-order valence-electron chi connectivity index (χ0n) is 10.7. The summed E-state index contributed by atoms with van der Waals surface area (Å²) in [4.78, 5) is 1.89. The molecule has 1 aromatic carbocycles. The number of anilines is 1. The van der Waals surface area contributed by atoms with Crippen LogP contribution in [0, 0.1) is 11.2 Å². The van der Waals surface area contributed by atoms with E-state index in [0.29, 0.717) is 25.4 Å². The van der Waals surface area contributed by atoms with Gasteiger partial charge in [0.2, 0.25) is 0 Å². The number of rotatable bonds is 4. The largest absolute Gasteiger partial charge is 0.396 e. The average molecular weight is 253 g/mol. The quantitative estimate of drug-likeness (QED) is 0.891. The van der Waals surface area contributed by atoms with Crippen molar-refractivity contribution in [3.8, 4) is 0 Å². The zero-order valence-corrected chi connectivity index (χ0v) is 10.7. The van der Waals surface area contributed by atoms with Gasteiger partial charge in [-0.2, -0.15) is 0 Å². The van der Waals surface area contributed by atoms with Crippen molar-refractivity contribution in [1.29, 1.82) is 0 Å². The summed E-state index contributed by atoms with van der Waals surface area (Å²) in [6.45, 7) is 2.11. The van der Waals surface area contributed by atoms with Crippen LogP contribution in [0.25, 0.3) is 0 Å². The molecule has 0 saturated carbocycles. The van der Waals surface area contributed by atoms with Gasteiger partial charge in [-0.1, -0.05) is 12.1 Å². The minimum atomic E-state index is -0.222. The molecular weight excluding hydrogens is 233 g/mol. The summed E-state index contributed by atoms with van der Waals surface area (Å²) < 4.78 is 19.0. The Hall–Kier alpha value is -1.13. The van der Waals surface area contributed by atoms with Gasteiger partial charge in [0.25, 0.3) is 0 Å².